The predicted octanol–water partition coefficient (Wildman–Crippen LogP) is 5.53. The van der Waals surface area contributed by atoms with Crippen molar-refractivity contribution in [1.82, 2.24) is 19.2 Å². The third-order valence-electron chi connectivity index (χ3n) is 5.86. The zero-order valence-electron chi connectivity index (χ0n) is 17.5. The number of aromatic nitrogens is 3. The summed E-state index contributed by atoms with van der Waals surface area (Å²) in [7, 11) is 2.02. The standard InChI is InChI=1S/C22H34N4S/c1-6-25(19-10-8-7-9-11-19)16-26-21(27)24(5)20(23-26)17-12-14-18(15-13-17)22(2,3)4/h12-15,19H,6-11,16H2,1-5H3. The summed E-state index contributed by atoms with van der Waals surface area (Å²) < 4.78 is 4.83. The monoisotopic (exact) mass is 386 g/mol. The lowest BCUT2D eigenvalue weighted by Crippen LogP contribution is -2.38. The van der Waals surface area contributed by atoms with Gasteiger partial charge in [-0.2, -0.15) is 5.10 Å². The molecule has 0 radical (unpaired) electrons. The van der Waals surface area contributed by atoms with Gasteiger partial charge in [0.05, 0.1) is 6.67 Å². The van der Waals surface area contributed by atoms with Crippen molar-refractivity contribution in [3.8, 4) is 11.4 Å². The molecule has 5 heteroatoms. The van der Waals surface area contributed by atoms with Gasteiger partial charge >= 0.3 is 0 Å². The van der Waals surface area contributed by atoms with Crippen LogP contribution in [-0.4, -0.2) is 31.8 Å². The topological polar surface area (TPSA) is 26.0 Å². The van der Waals surface area contributed by atoms with Gasteiger partial charge in [0.2, 0.25) is 0 Å². The average molecular weight is 387 g/mol. The predicted molar refractivity (Wildman–Crippen MR) is 115 cm³/mol. The molecule has 0 aliphatic heterocycles. The summed E-state index contributed by atoms with van der Waals surface area (Å²) in [5.74, 6) is 0.945. The van der Waals surface area contributed by atoms with E-state index in [1.807, 2.05) is 16.3 Å². The molecule has 2 aromatic rings. The van der Waals surface area contributed by atoms with Gasteiger partial charge < -0.3 is 4.57 Å². The minimum atomic E-state index is 0.158. The molecule has 0 bridgehead atoms. The van der Waals surface area contributed by atoms with E-state index >= 15 is 0 Å². The van der Waals surface area contributed by atoms with Crippen LogP contribution in [0.4, 0.5) is 0 Å². The zero-order chi connectivity index (χ0) is 19.6. The van der Waals surface area contributed by atoms with Crippen LogP contribution in [0.1, 0.15) is 65.4 Å². The van der Waals surface area contributed by atoms with Gasteiger partial charge in [-0.05, 0) is 42.6 Å². The molecule has 1 heterocycles. The fourth-order valence-electron chi connectivity index (χ4n) is 4.04. The molecule has 1 fully saturated rings. The second-order valence-electron chi connectivity index (χ2n) is 8.83. The van der Waals surface area contributed by atoms with E-state index in [4.69, 9.17) is 17.3 Å². The number of hydrogen-bond donors (Lipinski definition) is 0. The second kappa shape index (κ2) is 8.27. The fourth-order valence-corrected chi connectivity index (χ4v) is 4.23. The Bertz CT molecular complexity index is 804. The van der Waals surface area contributed by atoms with Gasteiger partial charge in [0.1, 0.15) is 0 Å². The second-order valence-corrected chi connectivity index (χ2v) is 9.20. The molecule has 0 spiro atoms. The Hall–Kier alpha value is -1.46. The molecule has 0 saturated heterocycles. The highest BCUT2D eigenvalue weighted by atomic mass is 32.1. The molecule has 1 aliphatic rings. The Labute approximate surface area is 169 Å². The Morgan fingerprint density at radius 3 is 2.30 bits per heavy atom. The summed E-state index contributed by atoms with van der Waals surface area (Å²) in [5, 5.41) is 4.89. The molecule has 148 valence electrons. The number of hydrogen-bond acceptors (Lipinski definition) is 3. The van der Waals surface area contributed by atoms with Crippen molar-refractivity contribution in [2.24, 2.45) is 7.05 Å². The molecule has 0 N–H and O–H groups in total. The zero-order valence-corrected chi connectivity index (χ0v) is 18.4. The SMILES string of the molecule is CCN(Cn1nc(-c2ccc(C(C)(C)C)cc2)n(C)c1=S)C1CCCCC1. The van der Waals surface area contributed by atoms with E-state index in [9.17, 15) is 0 Å². The van der Waals surface area contributed by atoms with Crippen molar-refractivity contribution < 1.29 is 0 Å². The summed E-state index contributed by atoms with van der Waals surface area (Å²) in [6, 6.07) is 9.42. The van der Waals surface area contributed by atoms with E-state index in [1.54, 1.807) is 0 Å². The third-order valence-corrected chi connectivity index (χ3v) is 6.35. The maximum Gasteiger partial charge on any atom is 0.199 e. The van der Waals surface area contributed by atoms with Crippen LogP contribution in [0.2, 0.25) is 0 Å². The largest absolute Gasteiger partial charge is 0.303 e. The molecular formula is C22H34N4S. The van der Waals surface area contributed by atoms with Crippen molar-refractivity contribution in [3.05, 3.63) is 34.6 Å². The lowest BCUT2D eigenvalue weighted by atomic mass is 9.87. The maximum atomic E-state index is 5.70. The van der Waals surface area contributed by atoms with Crippen molar-refractivity contribution in [2.45, 2.75) is 77.9 Å². The Kier molecular flexibility index (Phi) is 6.21. The number of rotatable bonds is 5. The first-order chi connectivity index (χ1) is 12.8. The van der Waals surface area contributed by atoms with Gasteiger partial charge in [-0.25, -0.2) is 4.68 Å². The van der Waals surface area contributed by atoms with Crippen molar-refractivity contribution in [2.75, 3.05) is 6.54 Å². The van der Waals surface area contributed by atoms with Crippen LogP contribution in [0, 0.1) is 4.77 Å². The van der Waals surface area contributed by atoms with Crippen LogP contribution < -0.4 is 0 Å². The first-order valence-electron chi connectivity index (χ1n) is 10.3. The molecule has 1 aliphatic carbocycles. The van der Waals surface area contributed by atoms with Gasteiger partial charge in [-0.15, -0.1) is 0 Å². The molecule has 4 nitrogen and oxygen atoms in total. The van der Waals surface area contributed by atoms with Gasteiger partial charge in [0.15, 0.2) is 10.6 Å². The van der Waals surface area contributed by atoms with Crippen molar-refractivity contribution in [3.63, 3.8) is 0 Å². The van der Waals surface area contributed by atoms with Gasteiger partial charge in [0, 0.05) is 18.7 Å². The molecule has 27 heavy (non-hydrogen) atoms. The molecule has 0 amide bonds. The lowest BCUT2D eigenvalue weighted by Gasteiger charge is -2.33. The highest BCUT2D eigenvalue weighted by molar-refractivity contribution is 7.71. The highest BCUT2D eigenvalue weighted by Crippen LogP contribution is 2.26. The molecule has 0 atom stereocenters. The van der Waals surface area contributed by atoms with E-state index < -0.39 is 0 Å². The summed E-state index contributed by atoms with van der Waals surface area (Å²) >= 11 is 5.70. The normalized spacial score (nSPS) is 16.2. The van der Waals surface area contributed by atoms with Crippen LogP contribution in [0.3, 0.4) is 0 Å². The molecule has 1 aromatic heterocycles. The van der Waals surface area contributed by atoms with Crippen LogP contribution in [0.15, 0.2) is 24.3 Å². The van der Waals surface area contributed by atoms with Crippen molar-refractivity contribution >= 4 is 12.2 Å². The van der Waals surface area contributed by atoms with E-state index in [0.717, 1.165) is 29.4 Å². The minimum Gasteiger partial charge on any atom is -0.303 e. The summed E-state index contributed by atoms with van der Waals surface area (Å²) in [6.45, 7) is 10.8. The van der Waals surface area contributed by atoms with Crippen molar-refractivity contribution in [1.29, 1.82) is 0 Å². The number of benzene rings is 1. The first-order valence-corrected chi connectivity index (χ1v) is 10.7. The number of nitrogens with zero attached hydrogens (tertiary/aromatic N) is 4. The quantitative estimate of drug-likeness (QED) is 0.632. The van der Waals surface area contributed by atoms with Crippen LogP contribution in [0.25, 0.3) is 11.4 Å². The average Bonchev–Trinajstić information content (AvgIpc) is 2.94. The maximum absolute atomic E-state index is 5.70. The molecule has 3 rings (SSSR count). The Balaban J connectivity index is 1.84. The van der Waals surface area contributed by atoms with Gasteiger partial charge in [-0.3, -0.25) is 4.90 Å². The summed E-state index contributed by atoms with van der Waals surface area (Å²) in [5.41, 5.74) is 2.61. The van der Waals surface area contributed by atoms with E-state index in [1.165, 1.54) is 37.7 Å². The summed E-state index contributed by atoms with van der Waals surface area (Å²) in [6.07, 6.45) is 6.68. The summed E-state index contributed by atoms with van der Waals surface area (Å²) in [4.78, 5) is 2.54. The third kappa shape index (κ3) is 4.52. The Morgan fingerprint density at radius 1 is 1.11 bits per heavy atom. The van der Waals surface area contributed by atoms with Gasteiger partial charge in [-0.1, -0.05) is 71.2 Å². The smallest absolute Gasteiger partial charge is 0.199 e. The van der Waals surface area contributed by atoms with Crippen LogP contribution in [-0.2, 0) is 19.1 Å². The van der Waals surface area contributed by atoms with Crippen LogP contribution >= 0.6 is 12.2 Å². The van der Waals surface area contributed by atoms with E-state index in [-0.39, 0.29) is 5.41 Å². The molecule has 1 aromatic carbocycles. The molecule has 1 saturated carbocycles. The fraction of sp³-hybridized carbons (Fsp3) is 0.636. The molecular weight excluding hydrogens is 352 g/mol. The lowest BCUT2D eigenvalue weighted by molar-refractivity contribution is 0.119. The van der Waals surface area contributed by atoms with Gasteiger partial charge in [0.25, 0.3) is 0 Å². The highest BCUT2D eigenvalue weighted by Gasteiger charge is 2.21. The minimum absolute atomic E-state index is 0.158. The van der Waals surface area contributed by atoms with E-state index in [0.29, 0.717) is 6.04 Å². The Morgan fingerprint density at radius 2 is 1.74 bits per heavy atom. The van der Waals surface area contributed by atoms with Crippen LogP contribution in [0.5, 0.6) is 0 Å². The molecule has 0 unspecified atom stereocenters. The first kappa shape index (κ1) is 20.3. The van der Waals surface area contributed by atoms with E-state index in [2.05, 4.69) is 56.9 Å².